The highest BCUT2D eigenvalue weighted by atomic mass is 19.1. The Morgan fingerprint density at radius 3 is 2.67 bits per heavy atom. The number of halogens is 1. The van der Waals surface area contributed by atoms with E-state index in [1.54, 1.807) is 18.2 Å². The van der Waals surface area contributed by atoms with Gasteiger partial charge in [-0.2, -0.15) is 5.10 Å². The van der Waals surface area contributed by atoms with Gasteiger partial charge in [-0.3, -0.25) is 9.89 Å². The smallest absolute Gasteiger partial charge is 0.170 e. The number of benzene rings is 1. The molecule has 2 aromatic rings. The lowest BCUT2D eigenvalue weighted by Crippen LogP contribution is -1.88. The Morgan fingerprint density at radius 1 is 1.33 bits per heavy atom. The monoisotopic (exact) mass is 204 g/mol. The summed E-state index contributed by atoms with van der Waals surface area (Å²) in [5.41, 5.74) is 2.19. The average Bonchev–Trinajstić information content (AvgIpc) is 2.69. The zero-order valence-corrected chi connectivity index (χ0v) is 7.90. The number of hydrogen-bond donors (Lipinski definition) is 1. The van der Waals surface area contributed by atoms with Crippen LogP contribution in [0.15, 0.2) is 30.3 Å². The van der Waals surface area contributed by atoms with Gasteiger partial charge in [0, 0.05) is 12.1 Å². The summed E-state index contributed by atoms with van der Waals surface area (Å²) in [6.07, 6.45) is 1.30. The Morgan fingerprint density at radius 2 is 2.07 bits per heavy atom. The summed E-state index contributed by atoms with van der Waals surface area (Å²) in [7, 11) is 0. The summed E-state index contributed by atoms with van der Waals surface area (Å²) in [6.45, 7) is 0. The van der Waals surface area contributed by atoms with E-state index < -0.39 is 0 Å². The lowest BCUT2D eigenvalue weighted by atomic mass is 10.1. The molecule has 0 aliphatic heterocycles. The molecule has 3 nitrogen and oxygen atoms in total. The molecule has 0 atom stereocenters. The number of aromatic amines is 1. The summed E-state index contributed by atoms with van der Waals surface area (Å²) in [6, 6.07) is 7.91. The lowest BCUT2D eigenvalue weighted by Gasteiger charge is -1.97. The second-order valence-corrected chi connectivity index (χ2v) is 3.24. The van der Waals surface area contributed by atoms with Gasteiger partial charge in [-0.05, 0) is 23.8 Å². The lowest BCUT2D eigenvalue weighted by molar-refractivity contribution is 0.111. The SMILES string of the molecule is O=Cc1cc(Cc2ccc(F)cc2)[nH]n1. The molecule has 0 aliphatic rings. The van der Waals surface area contributed by atoms with E-state index in [0.717, 1.165) is 11.3 Å². The van der Waals surface area contributed by atoms with Crippen LogP contribution in [0, 0.1) is 5.82 Å². The number of aldehydes is 1. The molecule has 0 spiro atoms. The van der Waals surface area contributed by atoms with Crippen molar-refractivity contribution in [2.45, 2.75) is 6.42 Å². The van der Waals surface area contributed by atoms with Crippen LogP contribution >= 0.6 is 0 Å². The van der Waals surface area contributed by atoms with Gasteiger partial charge in [0.1, 0.15) is 11.5 Å². The van der Waals surface area contributed by atoms with Crippen LogP contribution in [0.5, 0.6) is 0 Å². The maximum Gasteiger partial charge on any atom is 0.170 e. The second-order valence-electron chi connectivity index (χ2n) is 3.24. The van der Waals surface area contributed by atoms with Gasteiger partial charge in [0.25, 0.3) is 0 Å². The first-order chi connectivity index (χ1) is 7.28. The maximum atomic E-state index is 12.6. The van der Waals surface area contributed by atoms with Gasteiger partial charge in [-0.1, -0.05) is 12.1 Å². The maximum absolute atomic E-state index is 12.6. The third kappa shape index (κ3) is 2.28. The molecule has 0 saturated heterocycles. The normalized spacial score (nSPS) is 10.2. The number of rotatable bonds is 3. The second kappa shape index (κ2) is 4.04. The number of carbonyl (C=O) groups excluding carboxylic acids is 1. The largest absolute Gasteiger partial charge is 0.296 e. The molecule has 1 N–H and O–H groups in total. The Kier molecular flexibility index (Phi) is 2.58. The van der Waals surface area contributed by atoms with E-state index in [-0.39, 0.29) is 5.82 Å². The van der Waals surface area contributed by atoms with Crippen molar-refractivity contribution in [3.63, 3.8) is 0 Å². The Balaban J connectivity index is 2.14. The molecule has 1 heterocycles. The standard InChI is InChI=1S/C11H9FN2O/c12-9-3-1-8(2-4-9)5-10-6-11(7-15)14-13-10/h1-4,6-7H,5H2,(H,13,14). The van der Waals surface area contributed by atoms with Gasteiger partial charge in [-0.15, -0.1) is 0 Å². The molecular weight excluding hydrogens is 195 g/mol. The molecule has 0 bridgehead atoms. The fourth-order valence-electron chi connectivity index (χ4n) is 1.35. The Bertz CT molecular complexity index is 462. The van der Waals surface area contributed by atoms with Gasteiger partial charge < -0.3 is 0 Å². The van der Waals surface area contributed by atoms with Gasteiger partial charge in [0.15, 0.2) is 6.29 Å². The molecule has 0 radical (unpaired) electrons. The fourth-order valence-corrected chi connectivity index (χ4v) is 1.35. The molecule has 4 heteroatoms. The minimum absolute atomic E-state index is 0.253. The zero-order chi connectivity index (χ0) is 10.7. The van der Waals surface area contributed by atoms with Crippen molar-refractivity contribution >= 4 is 6.29 Å². The molecule has 1 aromatic heterocycles. The molecule has 76 valence electrons. The summed E-state index contributed by atoms with van der Waals surface area (Å²) in [5.74, 6) is -0.253. The van der Waals surface area contributed by atoms with Crippen LogP contribution in [-0.2, 0) is 6.42 Å². The first-order valence-electron chi connectivity index (χ1n) is 4.52. The average molecular weight is 204 g/mol. The number of nitrogens with zero attached hydrogens (tertiary/aromatic N) is 1. The van der Waals surface area contributed by atoms with E-state index in [4.69, 9.17) is 0 Å². The van der Waals surface area contributed by atoms with Crippen molar-refractivity contribution in [1.29, 1.82) is 0 Å². The molecule has 0 fully saturated rings. The van der Waals surface area contributed by atoms with E-state index >= 15 is 0 Å². The Hall–Kier alpha value is -1.97. The van der Waals surface area contributed by atoms with Crippen LogP contribution in [0.1, 0.15) is 21.7 Å². The van der Waals surface area contributed by atoms with Crippen molar-refractivity contribution < 1.29 is 9.18 Å². The van der Waals surface area contributed by atoms with Crippen molar-refractivity contribution in [2.24, 2.45) is 0 Å². The quantitative estimate of drug-likeness (QED) is 0.777. The minimum atomic E-state index is -0.253. The van der Waals surface area contributed by atoms with E-state index in [2.05, 4.69) is 10.2 Å². The number of H-pyrrole nitrogens is 1. The third-order valence-corrected chi connectivity index (χ3v) is 2.08. The van der Waals surface area contributed by atoms with Crippen LogP contribution < -0.4 is 0 Å². The van der Waals surface area contributed by atoms with E-state index in [1.807, 2.05) is 0 Å². The van der Waals surface area contributed by atoms with Gasteiger partial charge in [0.2, 0.25) is 0 Å². The van der Waals surface area contributed by atoms with Crippen molar-refractivity contribution in [3.8, 4) is 0 Å². The van der Waals surface area contributed by atoms with Gasteiger partial charge in [-0.25, -0.2) is 4.39 Å². The summed E-state index contributed by atoms with van der Waals surface area (Å²) >= 11 is 0. The van der Waals surface area contributed by atoms with E-state index in [9.17, 15) is 9.18 Å². The first-order valence-corrected chi connectivity index (χ1v) is 4.52. The van der Waals surface area contributed by atoms with E-state index in [0.29, 0.717) is 18.4 Å². The number of nitrogens with one attached hydrogen (secondary N) is 1. The van der Waals surface area contributed by atoms with Crippen molar-refractivity contribution in [3.05, 3.63) is 53.1 Å². The predicted octanol–water partition coefficient (Wildman–Crippen LogP) is 1.95. The highest BCUT2D eigenvalue weighted by Gasteiger charge is 2.01. The molecule has 15 heavy (non-hydrogen) atoms. The van der Waals surface area contributed by atoms with Crippen LogP contribution in [0.2, 0.25) is 0 Å². The third-order valence-electron chi connectivity index (χ3n) is 2.08. The molecule has 2 rings (SSSR count). The summed E-state index contributed by atoms with van der Waals surface area (Å²) in [4.78, 5) is 10.4. The minimum Gasteiger partial charge on any atom is -0.296 e. The summed E-state index contributed by atoms with van der Waals surface area (Å²) in [5, 5.41) is 6.53. The number of hydrogen-bond acceptors (Lipinski definition) is 2. The molecule has 0 aliphatic carbocycles. The summed E-state index contributed by atoms with van der Waals surface area (Å²) < 4.78 is 12.6. The Labute approximate surface area is 85.9 Å². The highest BCUT2D eigenvalue weighted by molar-refractivity contribution is 5.71. The zero-order valence-electron chi connectivity index (χ0n) is 7.90. The molecule has 1 aromatic carbocycles. The predicted molar refractivity (Wildman–Crippen MR) is 53.2 cm³/mol. The molecular formula is C11H9FN2O. The molecule has 0 saturated carbocycles. The van der Waals surface area contributed by atoms with Crippen LogP contribution in [0.25, 0.3) is 0 Å². The fraction of sp³-hybridized carbons (Fsp3) is 0.0909. The number of carbonyl (C=O) groups is 1. The highest BCUT2D eigenvalue weighted by Crippen LogP contribution is 2.08. The number of aromatic nitrogens is 2. The van der Waals surface area contributed by atoms with Crippen molar-refractivity contribution in [2.75, 3.05) is 0 Å². The topological polar surface area (TPSA) is 45.8 Å². The van der Waals surface area contributed by atoms with Gasteiger partial charge in [0.05, 0.1) is 0 Å². The van der Waals surface area contributed by atoms with Crippen LogP contribution in [-0.4, -0.2) is 16.5 Å². The molecule has 0 amide bonds. The van der Waals surface area contributed by atoms with E-state index in [1.165, 1.54) is 12.1 Å². The van der Waals surface area contributed by atoms with Crippen LogP contribution in [0.4, 0.5) is 4.39 Å². The molecule has 0 unspecified atom stereocenters. The van der Waals surface area contributed by atoms with Gasteiger partial charge >= 0.3 is 0 Å². The van der Waals surface area contributed by atoms with Crippen molar-refractivity contribution in [1.82, 2.24) is 10.2 Å². The van der Waals surface area contributed by atoms with Crippen LogP contribution in [0.3, 0.4) is 0 Å². The first kappa shape index (κ1) is 9.58.